The monoisotopic (exact) mass is 557 g/mol. The van der Waals surface area contributed by atoms with Gasteiger partial charge in [-0.15, -0.1) is 0 Å². The first-order valence-corrected chi connectivity index (χ1v) is 14.4. The van der Waals surface area contributed by atoms with Crippen molar-refractivity contribution in [1.29, 1.82) is 0 Å². The Labute approximate surface area is 232 Å². The maximum atomic E-state index is 12.6. The molecule has 1 aromatic carbocycles. The molecule has 11 heteroatoms. The molecule has 6 rings (SSSR count). The Kier molecular flexibility index (Phi) is 7.98. The zero-order valence-corrected chi connectivity index (χ0v) is 22.7. The van der Waals surface area contributed by atoms with E-state index in [9.17, 15) is 18.3 Å². The molecule has 0 amide bonds. The normalized spacial score (nSPS) is 23.4. The van der Waals surface area contributed by atoms with Gasteiger partial charge in [-0.1, -0.05) is 24.3 Å². The van der Waals surface area contributed by atoms with E-state index in [0.717, 1.165) is 88.0 Å². The van der Waals surface area contributed by atoms with E-state index in [-0.39, 0.29) is 24.6 Å². The zero-order valence-electron chi connectivity index (χ0n) is 22.7. The quantitative estimate of drug-likeness (QED) is 0.386. The summed E-state index contributed by atoms with van der Waals surface area (Å²) in [4.78, 5) is 14.1. The van der Waals surface area contributed by atoms with Gasteiger partial charge in [-0.2, -0.15) is 18.2 Å². The molecule has 0 unspecified atom stereocenters. The van der Waals surface area contributed by atoms with Crippen LogP contribution in [0.3, 0.4) is 0 Å². The van der Waals surface area contributed by atoms with Crippen molar-refractivity contribution in [1.82, 2.24) is 29.7 Å². The van der Waals surface area contributed by atoms with Crippen molar-refractivity contribution in [2.45, 2.75) is 63.0 Å². The van der Waals surface area contributed by atoms with E-state index in [1.807, 2.05) is 0 Å². The maximum Gasteiger partial charge on any atom is 0.390 e. The van der Waals surface area contributed by atoms with Crippen molar-refractivity contribution < 1.29 is 18.3 Å². The van der Waals surface area contributed by atoms with Crippen LogP contribution in [0.4, 0.5) is 19.1 Å². The second-order valence-electron chi connectivity index (χ2n) is 11.5. The second kappa shape index (κ2) is 11.6. The lowest BCUT2D eigenvalue weighted by Crippen LogP contribution is -2.61. The van der Waals surface area contributed by atoms with Crippen LogP contribution in [-0.4, -0.2) is 93.6 Å². The van der Waals surface area contributed by atoms with Gasteiger partial charge in [-0.25, -0.2) is 4.98 Å². The summed E-state index contributed by atoms with van der Waals surface area (Å²) in [6.45, 7) is 7.29. The maximum absolute atomic E-state index is 12.6. The van der Waals surface area contributed by atoms with Gasteiger partial charge < -0.3 is 20.3 Å². The molecular formula is C29H38F3N7O. The average Bonchev–Trinajstić information content (AvgIpc) is 3.28. The summed E-state index contributed by atoms with van der Waals surface area (Å²) >= 11 is 0. The Hall–Kier alpha value is -2.73. The Balaban J connectivity index is 1.19. The van der Waals surface area contributed by atoms with E-state index < -0.39 is 12.6 Å². The number of aliphatic hydroxyl groups is 1. The van der Waals surface area contributed by atoms with Gasteiger partial charge in [-0.3, -0.25) is 9.80 Å². The minimum atomic E-state index is -4.23. The minimum absolute atomic E-state index is 0.172. The largest absolute Gasteiger partial charge is 0.393 e. The van der Waals surface area contributed by atoms with Crippen LogP contribution in [0.1, 0.15) is 43.7 Å². The summed E-state index contributed by atoms with van der Waals surface area (Å²) in [6.07, 6.45) is 1.46. The van der Waals surface area contributed by atoms with E-state index in [0.29, 0.717) is 11.7 Å². The number of nitrogens with zero attached hydrogens (tertiary/aromatic N) is 5. The lowest BCUT2D eigenvalue weighted by atomic mass is 9.93. The Bertz CT molecular complexity index is 1280. The highest BCUT2D eigenvalue weighted by atomic mass is 19.4. The lowest BCUT2D eigenvalue weighted by molar-refractivity contribution is -0.131. The third kappa shape index (κ3) is 6.27. The second-order valence-corrected chi connectivity index (χ2v) is 11.5. The van der Waals surface area contributed by atoms with Crippen LogP contribution in [0.2, 0.25) is 0 Å². The van der Waals surface area contributed by atoms with Crippen molar-refractivity contribution in [3.05, 3.63) is 42.2 Å². The summed E-state index contributed by atoms with van der Waals surface area (Å²) in [5, 5.41) is 17.0. The first-order valence-electron chi connectivity index (χ1n) is 14.4. The topological polar surface area (TPSA) is 81.5 Å². The number of rotatable bonds is 8. The molecule has 40 heavy (non-hydrogen) atoms. The fraction of sp³-hybridized carbons (Fsp3) is 0.586. The fourth-order valence-electron chi connectivity index (χ4n) is 6.14. The van der Waals surface area contributed by atoms with Crippen molar-refractivity contribution >= 4 is 17.0 Å². The summed E-state index contributed by atoms with van der Waals surface area (Å²) in [5.41, 5.74) is 4.06. The molecule has 0 bridgehead atoms. The molecule has 0 radical (unpaired) electrons. The number of halogens is 3. The standard InChI is InChI=1S/C29H38F3N7O/c30-29(31,32)9-10-34-28-35-17-25-26(19-39(27(25)36-28)22-5-7-24(40)8-6-22)21-3-1-20(2-4-21)18-37-11-13-38(14-12-37)23-15-33-16-23/h1-4,17,19,22-24,33,40H,5-16,18H2,(H,34,35,36). The number of aromatic nitrogens is 3. The van der Waals surface area contributed by atoms with Crippen molar-refractivity contribution in [2.24, 2.45) is 0 Å². The van der Waals surface area contributed by atoms with E-state index in [4.69, 9.17) is 0 Å². The molecule has 2 aliphatic heterocycles. The molecule has 8 nitrogen and oxygen atoms in total. The molecule has 0 spiro atoms. The van der Waals surface area contributed by atoms with Gasteiger partial charge >= 0.3 is 6.18 Å². The molecule has 2 aromatic heterocycles. The van der Waals surface area contributed by atoms with Gasteiger partial charge in [0.2, 0.25) is 5.95 Å². The summed E-state index contributed by atoms with van der Waals surface area (Å²) in [7, 11) is 0. The SMILES string of the molecule is OC1CCC(n2cc(-c3ccc(CN4CCN(C5CNC5)CC4)cc3)c3cnc(NCCC(F)(F)F)nc32)CC1. The first kappa shape index (κ1) is 27.4. The van der Waals surface area contributed by atoms with Gasteiger partial charge in [0.05, 0.1) is 12.5 Å². The van der Waals surface area contributed by atoms with Gasteiger partial charge in [0.15, 0.2) is 0 Å². The minimum Gasteiger partial charge on any atom is -0.393 e. The predicted octanol–water partition coefficient (Wildman–Crippen LogP) is 4.03. The summed E-state index contributed by atoms with van der Waals surface area (Å²) < 4.78 is 40.1. The summed E-state index contributed by atoms with van der Waals surface area (Å²) in [6, 6.07) is 9.54. The number of piperazine rings is 1. The van der Waals surface area contributed by atoms with Crippen molar-refractivity contribution in [3.8, 4) is 11.1 Å². The number of anilines is 1. The molecule has 3 fully saturated rings. The van der Waals surface area contributed by atoms with Gasteiger partial charge in [0.25, 0.3) is 0 Å². The number of hydrogen-bond donors (Lipinski definition) is 3. The van der Waals surface area contributed by atoms with Gasteiger partial charge in [-0.05, 0) is 36.8 Å². The summed E-state index contributed by atoms with van der Waals surface area (Å²) in [5.74, 6) is 0.197. The zero-order chi connectivity index (χ0) is 27.7. The third-order valence-corrected chi connectivity index (χ3v) is 8.68. The highest BCUT2D eigenvalue weighted by Crippen LogP contribution is 2.37. The molecule has 2 saturated heterocycles. The number of alkyl halides is 3. The van der Waals surface area contributed by atoms with Gasteiger partial charge in [0, 0.05) is 87.8 Å². The third-order valence-electron chi connectivity index (χ3n) is 8.68. The average molecular weight is 558 g/mol. The number of fused-ring (bicyclic) bond motifs is 1. The Morgan fingerprint density at radius 3 is 2.35 bits per heavy atom. The molecule has 0 atom stereocenters. The van der Waals surface area contributed by atoms with Crippen LogP contribution in [0.25, 0.3) is 22.2 Å². The first-order chi connectivity index (χ1) is 19.3. The van der Waals surface area contributed by atoms with Gasteiger partial charge in [0.1, 0.15) is 5.65 Å². The molecule has 4 heterocycles. The predicted molar refractivity (Wildman–Crippen MR) is 149 cm³/mol. The molecule has 216 valence electrons. The lowest BCUT2D eigenvalue weighted by Gasteiger charge is -2.43. The highest BCUT2D eigenvalue weighted by molar-refractivity contribution is 5.94. The molecule has 1 saturated carbocycles. The van der Waals surface area contributed by atoms with Crippen LogP contribution in [0.5, 0.6) is 0 Å². The molecule has 3 aliphatic rings. The number of nitrogens with one attached hydrogen (secondary N) is 2. The van der Waals surface area contributed by atoms with E-state index in [2.05, 4.69) is 65.4 Å². The van der Waals surface area contributed by atoms with Crippen molar-refractivity contribution in [2.75, 3.05) is 51.1 Å². The fourth-order valence-corrected chi connectivity index (χ4v) is 6.14. The Morgan fingerprint density at radius 2 is 1.70 bits per heavy atom. The van der Waals surface area contributed by atoms with Crippen LogP contribution in [0, 0.1) is 0 Å². The van der Waals surface area contributed by atoms with Crippen LogP contribution in [-0.2, 0) is 6.54 Å². The van der Waals surface area contributed by atoms with Crippen LogP contribution >= 0.6 is 0 Å². The number of hydrogen-bond acceptors (Lipinski definition) is 7. The van der Waals surface area contributed by atoms with Crippen LogP contribution in [0.15, 0.2) is 36.7 Å². The number of aliphatic hydroxyl groups excluding tert-OH is 1. The Morgan fingerprint density at radius 1 is 0.975 bits per heavy atom. The molecular weight excluding hydrogens is 519 g/mol. The molecule has 3 aromatic rings. The molecule has 1 aliphatic carbocycles. The van der Waals surface area contributed by atoms with Crippen molar-refractivity contribution in [3.63, 3.8) is 0 Å². The van der Waals surface area contributed by atoms with E-state index in [1.54, 1.807) is 6.20 Å². The smallest absolute Gasteiger partial charge is 0.390 e. The molecule has 3 N–H and O–H groups in total. The number of benzene rings is 1. The van der Waals surface area contributed by atoms with E-state index in [1.165, 1.54) is 5.56 Å². The highest BCUT2D eigenvalue weighted by Gasteiger charge is 2.29. The van der Waals surface area contributed by atoms with Crippen LogP contribution < -0.4 is 10.6 Å². The van der Waals surface area contributed by atoms with E-state index >= 15 is 0 Å².